The topological polar surface area (TPSA) is 121 Å². The van der Waals surface area contributed by atoms with Crippen molar-refractivity contribution in [3.05, 3.63) is 63.1 Å². The second-order valence-electron chi connectivity index (χ2n) is 4.19. The molecule has 0 radical (unpaired) electrons. The van der Waals surface area contributed by atoms with Gasteiger partial charge in [-0.25, -0.2) is 9.89 Å². The van der Waals surface area contributed by atoms with Gasteiger partial charge in [0.05, 0.1) is 11.2 Å². The Morgan fingerprint density at radius 3 is 2.76 bits per heavy atom. The highest BCUT2D eigenvalue weighted by Crippen LogP contribution is 2.20. The number of anilines is 1. The Morgan fingerprint density at radius 2 is 1.95 bits per heavy atom. The molecular formula is C13H9N5O3. The second-order valence-corrected chi connectivity index (χ2v) is 4.19. The van der Waals surface area contributed by atoms with E-state index in [2.05, 4.69) is 15.4 Å². The van der Waals surface area contributed by atoms with Crippen molar-refractivity contribution in [2.45, 2.75) is 0 Å². The first-order valence-corrected chi connectivity index (χ1v) is 5.99. The summed E-state index contributed by atoms with van der Waals surface area (Å²) in [6.07, 6.45) is 1.60. The highest BCUT2D eigenvalue weighted by atomic mass is 16.2. The largest absolute Gasteiger partial charge is 0.342 e. The number of hydrogen-bond donors (Lipinski definition) is 3. The third-order valence-corrected chi connectivity index (χ3v) is 2.81. The SMILES string of the molecule is O=C(Nc1cccc2cccnc12)c1n[nH]c(=O)[nH]c1=O. The quantitative estimate of drug-likeness (QED) is 0.623. The number of carbonyl (C=O) groups excluding carboxylic acids is 1. The van der Waals surface area contributed by atoms with Gasteiger partial charge >= 0.3 is 5.69 Å². The molecule has 0 aliphatic rings. The predicted molar refractivity (Wildman–Crippen MR) is 75.2 cm³/mol. The van der Waals surface area contributed by atoms with Crippen molar-refractivity contribution in [3.8, 4) is 0 Å². The summed E-state index contributed by atoms with van der Waals surface area (Å²) >= 11 is 0. The summed E-state index contributed by atoms with van der Waals surface area (Å²) in [5, 5.41) is 8.85. The first kappa shape index (κ1) is 12.7. The third-order valence-electron chi connectivity index (χ3n) is 2.81. The molecule has 0 aliphatic heterocycles. The number of fused-ring (bicyclic) bond motifs is 1. The number of pyridine rings is 1. The maximum Gasteiger partial charge on any atom is 0.342 e. The van der Waals surface area contributed by atoms with Gasteiger partial charge in [0.2, 0.25) is 5.69 Å². The molecule has 2 heterocycles. The van der Waals surface area contributed by atoms with Crippen molar-refractivity contribution in [2.24, 2.45) is 0 Å². The molecule has 0 bridgehead atoms. The van der Waals surface area contributed by atoms with Crippen molar-refractivity contribution in [2.75, 3.05) is 5.32 Å². The van der Waals surface area contributed by atoms with E-state index in [9.17, 15) is 14.4 Å². The Kier molecular flexibility index (Phi) is 3.03. The molecule has 0 atom stereocenters. The molecule has 8 nitrogen and oxygen atoms in total. The number of hydrogen-bond acceptors (Lipinski definition) is 5. The molecule has 21 heavy (non-hydrogen) atoms. The van der Waals surface area contributed by atoms with Crippen LogP contribution in [0.3, 0.4) is 0 Å². The van der Waals surface area contributed by atoms with E-state index >= 15 is 0 Å². The number of carbonyl (C=O) groups is 1. The lowest BCUT2D eigenvalue weighted by molar-refractivity contribution is 0.101. The van der Waals surface area contributed by atoms with Crippen LogP contribution >= 0.6 is 0 Å². The number of amides is 1. The van der Waals surface area contributed by atoms with E-state index < -0.39 is 22.9 Å². The Balaban J connectivity index is 2.00. The number of rotatable bonds is 2. The van der Waals surface area contributed by atoms with Crippen LogP contribution in [0, 0.1) is 0 Å². The molecule has 0 spiro atoms. The van der Waals surface area contributed by atoms with Crippen molar-refractivity contribution in [1.29, 1.82) is 0 Å². The Labute approximate surface area is 116 Å². The number of nitrogens with zero attached hydrogens (tertiary/aromatic N) is 2. The minimum atomic E-state index is -0.857. The van der Waals surface area contributed by atoms with Crippen LogP contribution < -0.4 is 16.6 Å². The van der Waals surface area contributed by atoms with Gasteiger partial charge in [0.15, 0.2) is 0 Å². The van der Waals surface area contributed by atoms with Crippen LogP contribution in [0.2, 0.25) is 0 Å². The lowest BCUT2D eigenvalue weighted by Gasteiger charge is -2.06. The van der Waals surface area contributed by atoms with E-state index in [1.165, 1.54) is 0 Å². The van der Waals surface area contributed by atoms with Crippen molar-refractivity contribution < 1.29 is 4.79 Å². The Bertz CT molecular complexity index is 939. The van der Waals surface area contributed by atoms with Gasteiger partial charge in [-0.05, 0) is 12.1 Å². The van der Waals surface area contributed by atoms with Crippen molar-refractivity contribution in [1.82, 2.24) is 20.2 Å². The molecule has 3 N–H and O–H groups in total. The van der Waals surface area contributed by atoms with Crippen LogP contribution in [0.5, 0.6) is 0 Å². The van der Waals surface area contributed by atoms with Gasteiger partial charge in [-0.1, -0.05) is 18.2 Å². The summed E-state index contributed by atoms with van der Waals surface area (Å²) in [4.78, 5) is 40.6. The van der Waals surface area contributed by atoms with Gasteiger partial charge in [-0.15, -0.1) is 0 Å². The second kappa shape index (κ2) is 5.00. The molecule has 8 heteroatoms. The average Bonchev–Trinajstić information content (AvgIpc) is 2.47. The van der Waals surface area contributed by atoms with Gasteiger partial charge in [0.1, 0.15) is 0 Å². The molecule has 0 fully saturated rings. The van der Waals surface area contributed by atoms with Gasteiger partial charge in [0.25, 0.3) is 11.5 Å². The molecular weight excluding hydrogens is 274 g/mol. The van der Waals surface area contributed by atoms with Gasteiger partial charge in [-0.3, -0.25) is 19.6 Å². The molecule has 0 saturated carbocycles. The van der Waals surface area contributed by atoms with Gasteiger partial charge in [-0.2, -0.15) is 5.10 Å². The van der Waals surface area contributed by atoms with Crippen LogP contribution in [-0.4, -0.2) is 26.1 Å². The summed E-state index contributed by atoms with van der Waals surface area (Å²) in [5.41, 5.74) is -1.02. The molecule has 2 aromatic heterocycles. The van der Waals surface area contributed by atoms with Gasteiger partial charge in [0, 0.05) is 11.6 Å². The zero-order valence-electron chi connectivity index (χ0n) is 10.6. The highest BCUT2D eigenvalue weighted by Gasteiger charge is 2.14. The smallest absolute Gasteiger partial charge is 0.318 e. The fourth-order valence-electron chi connectivity index (χ4n) is 1.89. The highest BCUT2D eigenvalue weighted by molar-refractivity contribution is 6.06. The molecule has 0 aliphatic carbocycles. The first-order chi connectivity index (χ1) is 10.1. The number of nitrogens with one attached hydrogen (secondary N) is 3. The summed E-state index contributed by atoms with van der Waals surface area (Å²) in [6, 6.07) is 8.89. The lowest BCUT2D eigenvalue weighted by Crippen LogP contribution is -2.32. The van der Waals surface area contributed by atoms with Gasteiger partial charge < -0.3 is 5.32 Å². The molecule has 3 rings (SSSR count). The Morgan fingerprint density at radius 1 is 1.14 bits per heavy atom. The molecule has 104 valence electrons. The van der Waals surface area contributed by atoms with E-state index in [0.717, 1.165) is 5.39 Å². The van der Waals surface area contributed by atoms with Crippen LogP contribution in [-0.2, 0) is 0 Å². The third kappa shape index (κ3) is 2.41. The van der Waals surface area contributed by atoms with E-state index in [0.29, 0.717) is 11.2 Å². The van der Waals surface area contributed by atoms with Crippen molar-refractivity contribution >= 4 is 22.5 Å². The van der Waals surface area contributed by atoms with E-state index in [-0.39, 0.29) is 0 Å². The van der Waals surface area contributed by atoms with Crippen LogP contribution in [0.1, 0.15) is 10.5 Å². The molecule has 0 saturated heterocycles. The number of para-hydroxylation sites is 1. The van der Waals surface area contributed by atoms with E-state index in [4.69, 9.17) is 0 Å². The predicted octanol–water partition coefficient (Wildman–Crippen LogP) is 0.259. The maximum absolute atomic E-state index is 12.0. The van der Waals surface area contributed by atoms with Crippen LogP contribution in [0.4, 0.5) is 5.69 Å². The molecule has 3 aromatic rings. The average molecular weight is 283 g/mol. The summed E-state index contributed by atoms with van der Waals surface area (Å²) in [6.45, 7) is 0. The molecule has 1 aromatic carbocycles. The fraction of sp³-hybridized carbons (Fsp3) is 0. The number of aromatic amines is 2. The van der Waals surface area contributed by atoms with E-state index in [1.807, 2.05) is 22.2 Å². The minimum absolute atomic E-state index is 0.428. The zero-order chi connectivity index (χ0) is 14.8. The number of H-pyrrole nitrogens is 2. The summed E-state index contributed by atoms with van der Waals surface area (Å²) in [7, 11) is 0. The Hall–Kier alpha value is -3.29. The first-order valence-electron chi connectivity index (χ1n) is 5.99. The number of benzene rings is 1. The summed E-state index contributed by atoms with van der Waals surface area (Å²) in [5.74, 6) is -0.731. The monoisotopic (exact) mass is 283 g/mol. The number of aromatic nitrogens is 4. The molecule has 0 unspecified atom stereocenters. The molecule has 1 amide bonds. The summed E-state index contributed by atoms with van der Waals surface area (Å²) < 4.78 is 0. The standard InChI is InChI=1S/C13H9N5O3/c19-11(10-12(20)16-13(21)18-17-10)15-8-5-1-3-7-4-2-6-14-9(7)8/h1-6H,(H,15,19)(H2,16,18,20,21). The van der Waals surface area contributed by atoms with Crippen LogP contribution in [0.15, 0.2) is 46.1 Å². The van der Waals surface area contributed by atoms with E-state index in [1.54, 1.807) is 24.4 Å². The fourth-order valence-corrected chi connectivity index (χ4v) is 1.89. The van der Waals surface area contributed by atoms with Crippen LogP contribution in [0.25, 0.3) is 10.9 Å². The minimum Gasteiger partial charge on any atom is -0.318 e. The normalized spacial score (nSPS) is 10.5. The zero-order valence-corrected chi connectivity index (χ0v) is 10.6. The lowest BCUT2D eigenvalue weighted by atomic mass is 10.2. The van der Waals surface area contributed by atoms with Crippen molar-refractivity contribution in [3.63, 3.8) is 0 Å². The maximum atomic E-state index is 12.0.